The molecule has 3 aromatic rings. The molecular weight excluding hydrogens is 368 g/mol. The Kier molecular flexibility index (Phi) is 5.23. The van der Waals surface area contributed by atoms with Crippen LogP contribution in [-0.4, -0.2) is 21.6 Å². The molecular formula is C19H17ClN4O3. The number of amides is 2. The number of hydrogen-bond donors (Lipinski definition) is 2. The van der Waals surface area contributed by atoms with Crippen LogP contribution in [0.4, 0.5) is 11.4 Å². The van der Waals surface area contributed by atoms with Crippen molar-refractivity contribution in [3.63, 3.8) is 0 Å². The highest BCUT2D eigenvalue weighted by Crippen LogP contribution is 2.25. The zero-order valence-electron chi connectivity index (χ0n) is 14.7. The molecule has 0 fully saturated rings. The molecule has 2 N–H and O–H groups in total. The molecule has 8 heteroatoms. The van der Waals surface area contributed by atoms with Crippen molar-refractivity contribution in [2.24, 2.45) is 0 Å². The van der Waals surface area contributed by atoms with Gasteiger partial charge in [-0.2, -0.15) is 5.10 Å². The van der Waals surface area contributed by atoms with E-state index in [9.17, 15) is 14.4 Å². The van der Waals surface area contributed by atoms with Gasteiger partial charge in [-0.25, -0.2) is 4.68 Å². The number of nitrogens with one attached hydrogen (secondary N) is 2. The topological polar surface area (TPSA) is 93.1 Å². The maximum Gasteiger partial charge on any atom is 0.275 e. The van der Waals surface area contributed by atoms with E-state index in [4.69, 9.17) is 11.6 Å². The standard InChI is InChI=1S/C19H17ClN4O3/c1-11-14-5-3-4-6-15(14)19(27)24(23-11)10-18(26)22-17-9-13(21-12(2)25)7-8-16(17)20/h3-9H,10H2,1-2H3,(H,21,25)(H,22,26). The summed E-state index contributed by atoms with van der Waals surface area (Å²) in [6, 6.07) is 11.8. The van der Waals surface area contributed by atoms with Crippen molar-refractivity contribution in [1.29, 1.82) is 0 Å². The maximum atomic E-state index is 12.6. The van der Waals surface area contributed by atoms with Crippen LogP contribution in [0.5, 0.6) is 0 Å². The van der Waals surface area contributed by atoms with E-state index in [1.807, 2.05) is 12.1 Å². The molecule has 2 amide bonds. The van der Waals surface area contributed by atoms with Crippen LogP contribution < -0.4 is 16.2 Å². The molecule has 0 aliphatic rings. The van der Waals surface area contributed by atoms with Crippen molar-refractivity contribution in [3.05, 3.63) is 63.5 Å². The van der Waals surface area contributed by atoms with E-state index in [1.54, 1.807) is 37.3 Å². The van der Waals surface area contributed by atoms with Crippen LogP contribution in [-0.2, 0) is 16.1 Å². The lowest BCUT2D eigenvalue weighted by Gasteiger charge is -2.11. The summed E-state index contributed by atoms with van der Waals surface area (Å²) in [5.74, 6) is -0.696. The summed E-state index contributed by atoms with van der Waals surface area (Å²) in [4.78, 5) is 36.1. The second-order valence-electron chi connectivity index (χ2n) is 6.02. The average Bonchev–Trinajstić information content (AvgIpc) is 2.62. The number of rotatable bonds is 4. The van der Waals surface area contributed by atoms with Crippen molar-refractivity contribution in [2.45, 2.75) is 20.4 Å². The number of hydrogen-bond acceptors (Lipinski definition) is 4. The van der Waals surface area contributed by atoms with Crippen molar-refractivity contribution in [3.8, 4) is 0 Å². The summed E-state index contributed by atoms with van der Waals surface area (Å²) in [5.41, 5.74) is 1.14. The first-order chi connectivity index (χ1) is 12.8. The third-order valence-corrected chi connectivity index (χ3v) is 4.24. The number of carbonyl (C=O) groups excluding carboxylic acids is 2. The van der Waals surface area contributed by atoms with Crippen LogP contribution >= 0.6 is 11.6 Å². The minimum absolute atomic E-state index is 0.239. The number of halogens is 1. The summed E-state index contributed by atoms with van der Waals surface area (Å²) in [6.07, 6.45) is 0. The number of aryl methyl sites for hydroxylation is 1. The number of anilines is 2. The molecule has 0 aliphatic heterocycles. The summed E-state index contributed by atoms with van der Waals surface area (Å²) >= 11 is 6.10. The largest absolute Gasteiger partial charge is 0.326 e. The van der Waals surface area contributed by atoms with Crippen LogP contribution in [0.25, 0.3) is 10.8 Å². The molecule has 0 bridgehead atoms. The van der Waals surface area contributed by atoms with E-state index in [0.717, 1.165) is 10.1 Å². The van der Waals surface area contributed by atoms with Gasteiger partial charge < -0.3 is 10.6 Å². The minimum Gasteiger partial charge on any atom is -0.326 e. The Morgan fingerprint density at radius 3 is 2.52 bits per heavy atom. The zero-order valence-corrected chi connectivity index (χ0v) is 15.5. The molecule has 1 aromatic heterocycles. The van der Waals surface area contributed by atoms with E-state index in [2.05, 4.69) is 15.7 Å². The van der Waals surface area contributed by atoms with Gasteiger partial charge in [-0.1, -0.05) is 29.8 Å². The van der Waals surface area contributed by atoms with Crippen LogP contribution in [0, 0.1) is 6.92 Å². The Bertz CT molecular complexity index is 1110. The lowest BCUT2D eigenvalue weighted by atomic mass is 10.1. The van der Waals surface area contributed by atoms with Crippen LogP contribution in [0.15, 0.2) is 47.3 Å². The van der Waals surface area contributed by atoms with Crippen LogP contribution in [0.1, 0.15) is 12.6 Å². The fourth-order valence-electron chi connectivity index (χ4n) is 2.74. The smallest absolute Gasteiger partial charge is 0.275 e. The first-order valence-electron chi connectivity index (χ1n) is 8.18. The Morgan fingerprint density at radius 2 is 1.81 bits per heavy atom. The molecule has 0 saturated carbocycles. The molecule has 0 atom stereocenters. The van der Waals surface area contributed by atoms with Crippen molar-refractivity contribution < 1.29 is 9.59 Å². The SMILES string of the molecule is CC(=O)Nc1ccc(Cl)c(NC(=O)Cn2nc(C)c3ccccc3c2=O)c1. The number of fused-ring (bicyclic) bond motifs is 1. The second-order valence-corrected chi connectivity index (χ2v) is 6.42. The van der Waals surface area contributed by atoms with E-state index in [1.165, 1.54) is 6.92 Å². The van der Waals surface area contributed by atoms with Gasteiger partial charge >= 0.3 is 0 Å². The summed E-state index contributed by atoms with van der Waals surface area (Å²) in [5, 5.41) is 11.0. The normalized spacial score (nSPS) is 10.6. The quantitative estimate of drug-likeness (QED) is 0.723. The van der Waals surface area contributed by atoms with Crippen molar-refractivity contribution in [2.75, 3.05) is 10.6 Å². The average molecular weight is 385 g/mol. The number of nitrogens with zero attached hydrogens (tertiary/aromatic N) is 2. The van der Waals surface area contributed by atoms with E-state index < -0.39 is 5.91 Å². The molecule has 0 aliphatic carbocycles. The molecule has 0 spiro atoms. The molecule has 138 valence electrons. The van der Waals surface area contributed by atoms with Crippen molar-refractivity contribution in [1.82, 2.24) is 9.78 Å². The molecule has 0 saturated heterocycles. The molecule has 7 nitrogen and oxygen atoms in total. The summed E-state index contributed by atoms with van der Waals surface area (Å²) < 4.78 is 1.12. The van der Waals surface area contributed by atoms with E-state index >= 15 is 0 Å². The second kappa shape index (κ2) is 7.59. The highest BCUT2D eigenvalue weighted by molar-refractivity contribution is 6.33. The zero-order chi connectivity index (χ0) is 19.6. The molecule has 1 heterocycles. The molecule has 3 rings (SSSR count). The number of carbonyl (C=O) groups is 2. The van der Waals surface area contributed by atoms with Gasteiger partial charge in [-0.15, -0.1) is 0 Å². The molecule has 2 aromatic carbocycles. The fourth-order valence-corrected chi connectivity index (χ4v) is 2.90. The van der Waals surface area contributed by atoms with Gasteiger partial charge in [0, 0.05) is 18.0 Å². The van der Waals surface area contributed by atoms with E-state index in [-0.39, 0.29) is 18.0 Å². The van der Waals surface area contributed by atoms with Crippen molar-refractivity contribution >= 4 is 45.6 Å². The summed E-state index contributed by atoms with van der Waals surface area (Å²) in [6.45, 7) is 2.90. The number of aromatic nitrogens is 2. The Labute approximate surface area is 160 Å². The van der Waals surface area contributed by atoms with Gasteiger partial charge in [-0.05, 0) is 31.2 Å². The van der Waals surface area contributed by atoms with Gasteiger partial charge in [-0.3, -0.25) is 14.4 Å². The van der Waals surface area contributed by atoms with Gasteiger partial charge in [0.1, 0.15) is 6.54 Å². The predicted octanol–water partition coefficient (Wildman–Crippen LogP) is 2.96. The lowest BCUT2D eigenvalue weighted by Crippen LogP contribution is -2.30. The minimum atomic E-state index is -0.457. The maximum absolute atomic E-state index is 12.6. The third-order valence-electron chi connectivity index (χ3n) is 3.91. The Balaban J connectivity index is 1.85. The Morgan fingerprint density at radius 1 is 1.11 bits per heavy atom. The fraction of sp³-hybridized carbons (Fsp3) is 0.158. The molecule has 0 unspecified atom stereocenters. The van der Waals surface area contributed by atoms with Gasteiger partial charge in [0.05, 0.1) is 21.8 Å². The Hall–Kier alpha value is -3.19. The first kappa shape index (κ1) is 18.6. The first-order valence-corrected chi connectivity index (χ1v) is 8.56. The lowest BCUT2D eigenvalue weighted by molar-refractivity contribution is -0.117. The summed E-state index contributed by atoms with van der Waals surface area (Å²) in [7, 11) is 0. The predicted molar refractivity (Wildman–Crippen MR) is 105 cm³/mol. The third kappa shape index (κ3) is 4.15. The molecule has 0 radical (unpaired) electrons. The van der Waals surface area contributed by atoms with Crippen LogP contribution in [0.2, 0.25) is 5.02 Å². The highest BCUT2D eigenvalue weighted by atomic mass is 35.5. The molecule has 27 heavy (non-hydrogen) atoms. The van der Waals surface area contributed by atoms with Gasteiger partial charge in [0.15, 0.2) is 0 Å². The van der Waals surface area contributed by atoms with Gasteiger partial charge in [0.25, 0.3) is 5.56 Å². The van der Waals surface area contributed by atoms with Gasteiger partial charge in [0.2, 0.25) is 11.8 Å². The van der Waals surface area contributed by atoms with E-state index in [0.29, 0.717) is 27.5 Å². The van der Waals surface area contributed by atoms with Crippen LogP contribution in [0.3, 0.4) is 0 Å². The number of benzene rings is 2. The highest BCUT2D eigenvalue weighted by Gasteiger charge is 2.12. The monoisotopic (exact) mass is 384 g/mol.